The number of hydrogen-bond donors (Lipinski definition) is 2. The summed E-state index contributed by atoms with van der Waals surface area (Å²) in [5, 5.41) is 6.43. The minimum absolute atomic E-state index is 0.207. The van der Waals surface area contributed by atoms with Crippen molar-refractivity contribution in [1.82, 2.24) is 5.32 Å². The Hall–Kier alpha value is -1.00. The van der Waals surface area contributed by atoms with E-state index in [1.807, 2.05) is 24.3 Å². The molecule has 3 rings (SSSR count). The molecule has 4 heteroatoms. The van der Waals surface area contributed by atoms with E-state index in [-0.39, 0.29) is 11.8 Å². The second-order valence-electron chi connectivity index (χ2n) is 5.59. The third kappa shape index (κ3) is 2.65. The Balaban J connectivity index is 1.59. The molecule has 1 aliphatic carbocycles. The molecule has 1 saturated carbocycles. The van der Waals surface area contributed by atoms with Gasteiger partial charge in [0.05, 0.1) is 0 Å². The first-order valence-corrected chi connectivity index (χ1v) is 8.12. The van der Waals surface area contributed by atoms with E-state index in [1.54, 1.807) is 11.8 Å². The Kier molecular flexibility index (Phi) is 3.54. The van der Waals surface area contributed by atoms with Crippen LogP contribution in [-0.4, -0.2) is 25.3 Å². The van der Waals surface area contributed by atoms with Crippen LogP contribution in [0.25, 0.3) is 0 Å². The number of thioether (sulfide) groups is 1. The quantitative estimate of drug-likeness (QED) is 0.834. The SMILES string of the molecule is CSc1ccc(NC(=O)[C@H]2CC23CCNCC3)cc1. The van der Waals surface area contributed by atoms with Gasteiger partial charge in [0.25, 0.3) is 0 Å². The van der Waals surface area contributed by atoms with Gasteiger partial charge in [-0.1, -0.05) is 0 Å². The summed E-state index contributed by atoms with van der Waals surface area (Å²) in [6.07, 6.45) is 5.43. The number of anilines is 1. The van der Waals surface area contributed by atoms with Crippen LogP contribution in [-0.2, 0) is 4.79 Å². The summed E-state index contributed by atoms with van der Waals surface area (Å²) in [6.45, 7) is 2.12. The van der Waals surface area contributed by atoms with Crippen LogP contribution in [0, 0.1) is 11.3 Å². The molecule has 1 heterocycles. The van der Waals surface area contributed by atoms with Crippen LogP contribution in [0.4, 0.5) is 5.69 Å². The van der Waals surface area contributed by atoms with Crippen molar-refractivity contribution >= 4 is 23.4 Å². The molecule has 1 aromatic rings. The van der Waals surface area contributed by atoms with Gasteiger partial charge in [0.15, 0.2) is 0 Å². The number of rotatable bonds is 3. The standard InChI is InChI=1S/C15H20N2OS/c1-19-12-4-2-11(3-5-12)17-14(18)13-10-15(13)6-8-16-9-7-15/h2-5,13,16H,6-10H2,1H3,(H,17,18)/t13-/m1/s1. The van der Waals surface area contributed by atoms with Crippen LogP contribution < -0.4 is 10.6 Å². The number of amides is 1. The average molecular weight is 276 g/mol. The van der Waals surface area contributed by atoms with Crippen LogP contribution >= 0.6 is 11.8 Å². The van der Waals surface area contributed by atoms with E-state index >= 15 is 0 Å². The molecule has 1 aliphatic heterocycles. The summed E-state index contributed by atoms with van der Waals surface area (Å²) < 4.78 is 0. The molecule has 1 atom stereocenters. The molecular weight excluding hydrogens is 256 g/mol. The summed E-state index contributed by atoms with van der Waals surface area (Å²) in [4.78, 5) is 13.5. The molecule has 102 valence electrons. The fourth-order valence-corrected chi connectivity index (χ4v) is 3.51. The van der Waals surface area contributed by atoms with Crippen LogP contribution in [0.2, 0.25) is 0 Å². The molecule has 2 N–H and O–H groups in total. The molecular formula is C15H20N2OS. The minimum atomic E-state index is 0.207. The molecule has 1 spiro atoms. The van der Waals surface area contributed by atoms with Gasteiger partial charge >= 0.3 is 0 Å². The zero-order valence-electron chi connectivity index (χ0n) is 11.2. The van der Waals surface area contributed by atoms with E-state index in [0.717, 1.165) is 38.0 Å². The average Bonchev–Trinajstić information content (AvgIpc) is 3.14. The smallest absolute Gasteiger partial charge is 0.228 e. The number of carbonyl (C=O) groups excluding carboxylic acids is 1. The van der Waals surface area contributed by atoms with Gasteiger partial charge in [0.2, 0.25) is 5.91 Å². The zero-order chi connectivity index (χ0) is 13.3. The van der Waals surface area contributed by atoms with Gasteiger partial charge in [-0.2, -0.15) is 0 Å². The maximum absolute atomic E-state index is 12.3. The number of nitrogens with one attached hydrogen (secondary N) is 2. The van der Waals surface area contributed by atoms with Gasteiger partial charge in [-0.3, -0.25) is 4.79 Å². The van der Waals surface area contributed by atoms with Crippen molar-refractivity contribution in [2.24, 2.45) is 11.3 Å². The highest BCUT2D eigenvalue weighted by atomic mass is 32.2. The first kappa shape index (κ1) is 13.0. The molecule has 1 saturated heterocycles. The van der Waals surface area contributed by atoms with Crippen LogP contribution in [0.15, 0.2) is 29.2 Å². The number of carbonyl (C=O) groups is 1. The third-order valence-electron chi connectivity index (χ3n) is 4.46. The van der Waals surface area contributed by atoms with Crippen molar-refractivity contribution in [3.63, 3.8) is 0 Å². The maximum Gasteiger partial charge on any atom is 0.228 e. The molecule has 1 aromatic carbocycles. The van der Waals surface area contributed by atoms with E-state index < -0.39 is 0 Å². The van der Waals surface area contributed by atoms with Gasteiger partial charge in [0, 0.05) is 16.5 Å². The lowest BCUT2D eigenvalue weighted by Gasteiger charge is -2.23. The number of benzene rings is 1. The Bertz CT molecular complexity index is 466. The Labute approximate surface area is 118 Å². The fraction of sp³-hybridized carbons (Fsp3) is 0.533. The highest BCUT2D eigenvalue weighted by Gasteiger charge is 2.57. The molecule has 0 radical (unpaired) electrons. The summed E-state index contributed by atoms with van der Waals surface area (Å²) in [6, 6.07) is 8.07. The molecule has 0 bridgehead atoms. The Morgan fingerprint density at radius 2 is 2.00 bits per heavy atom. The molecule has 3 nitrogen and oxygen atoms in total. The maximum atomic E-state index is 12.3. The Morgan fingerprint density at radius 3 is 2.63 bits per heavy atom. The Morgan fingerprint density at radius 1 is 1.32 bits per heavy atom. The fourth-order valence-electron chi connectivity index (χ4n) is 3.10. The number of hydrogen-bond acceptors (Lipinski definition) is 3. The van der Waals surface area contributed by atoms with Crippen molar-refractivity contribution in [2.45, 2.75) is 24.2 Å². The van der Waals surface area contributed by atoms with Gasteiger partial charge < -0.3 is 10.6 Å². The summed E-state index contributed by atoms with van der Waals surface area (Å²) in [5.41, 5.74) is 1.23. The van der Waals surface area contributed by atoms with Crippen molar-refractivity contribution in [3.8, 4) is 0 Å². The van der Waals surface area contributed by atoms with Crippen molar-refractivity contribution in [2.75, 3.05) is 24.7 Å². The van der Waals surface area contributed by atoms with Gasteiger partial charge in [-0.05, 0) is 68.3 Å². The zero-order valence-corrected chi connectivity index (χ0v) is 12.1. The molecule has 0 aromatic heterocycles. The van der Waals surface area contributed by atoms with Crippen molar-refractivity contribution in [3.05, 3.63) is 24.3 Å². The van der Waals surface area contributed by atoms with Crippen LogP contribution in [0.3, 0.4) is 0 Å². The lowest BCUT2D eigenvalue weighted by Crippen LogP contribution is -2.31. The number of piperidine rings is 1. The van der Waals surface area contributed by atoms with Crippen molar-refractivity contribution < 1.29 is 4.79 Å². The predicted octanol–water partition coefficient (Wildman–Crippen LogP) is 2.74. The highest BCUT2D eigenvalue weighted by Crippen LogP contribution is 2.58. The second-order valence-corrected chi connectivity index (χ2v) is 6.47. The van der Waals surface area contributed by atoms with Gasteiger partial charge in [-0.15, -0.1) is 11.8 Å². The van der Waals surface area contributed by atoms with E-state index in [2.05, 4.69) is 16.9 Å². The lowest BCUT2D eigenvalue weighted by atomic mass is 9.92. The van der Waals surface area contributed by atoms with Gasteiger partial charge in [-0.25, -0.2) is 0 Å². The first-order valence-electron chi connectivity index (χ1n) is 6.89. The molecule has 1 amide bonds. The highest BCUT2D eigenvalue weighted by molar-refractivity contribution is 7.98. The molecule has 19 heavy (non-hydrogen) atoms. The minimum Gasteiger partial charge on any atom is -0.326 e. The first-order chi connectivity index (χ1) is 9.23. The van der Waals surface area contributed by atoms with Crippen LogP contribution in [0.5, 0.6) is 0 Å². The second kappa shape index (κ2) is 5.17. The van der Waals surface area contributed by atoms with E-state index in [1.165, 1.54) is 4.90 Å². The summed E-state index contributed by atoms with van der Waals surface area (Å²) >= 11 is 1.71. The normalized spacial score (nSPS) is 24.2. The van der Waals surface area contributed by atoms with E-state index in [4.69, 9.17) is 0 Å². The molecule has 2 aliphatic rings. The van der Waals surface area contributed by atoms with E-state index in [9.17, 15) is 4.79 Å². The monoisotopic (exact) mass is 276 g/mol. The third-order valence-corrected chi connectivity index (χ3v) is 5.21. The topological polar surface area (TPSA) is 41.1 Å². The molecule has 0 unspecified atom stereocenters. The van der Waals surface area contributed by atoms with Gasteiger partial charge in [0.1, 0.15) is 0 Å². The van der Waals surface area contributed by atoms with E-state index in [0.29, 0.717) is 5.41 Å². The molecule has 2 fully saturated rings. The van der Waals surface area contributed by atoms with Crippen molar-refractivity contribution in [1.29, 1.82) is 0 Å². The summed E-state index contributed by atoms with van der Waals surface area (Å²) in [7, 11) is 0. The van der Waals surface area contributed by atoms with Crippen LogP contribution in [0.1, 0.15) is 19.3 Å². The largest absolute Gasteiger partial charge is 0.326 e. The predicted molar refractivity (Wildman–Crippen MR) is 79.5 cm³/mol. The lowest BCUT2D eigenvalue weighted by molar-refractivity contribution is -0.118. The summed E-state index contributed by atoms with van der Waals surface area (Å²) in [5.74, 6) is 0.439.